The second-order valence-corrected chi connectivity index (χ2v) is 4.90. The van der Waals surface area contributed by atoms with Crippen LogP contribution in [0.1, 0.15) is 31.7 Å². The molecular weight excluding hydrogens is 226 g/mol. The Morgan fingerprint density at radius 3 is 2.61 bits per heavy atom. The van der Waals surface area contributed by atoms with Gasteiger partial charge in [-0.1, -0.05) is 30.3 Å². The number of nitrogens with zero attached hydrogens (tertiary/aromatic N) is 1. The molecule has 0 bridgehead atoms. The highest BCUT2D eigenvalue weighted by atomic mass is 16.5. The van der Waals surface area contributed by atoms with Crippen LogP contribution in [0.15, 0.2) is 30.3 Å². The Balaban J connectivity index is 1.71. The Hall–Kier alpha value is -1.35. The highest BCUT2D eigenvalue weighted by molar-refractivity contribution is 5.76. The zero-order valence-corrected chi connectivity index (χ0v) is 11.0. The summed E-state index contributed by atoms with van der Waals surface area (Å²) < 4.78 is 5.71. The van der Waals surface area contributed by atoms with E-state index in [1.165, 1.54) is 0 Å². The third kappa shape index (κ3) is 3.84. The SMILES string of the molecule is C[C@H](CC(=O)N1CCCC1)OCc1ccccc1. The Bertz CT molecular complexity index is 371. The molecule has 1 saturated heterocycles. The van der Waals surface area contributed by atoms with Gasteiger partial charge in [0.05, 0.1) is 19.1 Å². The number of benzene rings is 1. The fraction of sp³-hybridized carbons (Fsp3) is 0.533. The van der Waals surface area contributed by atoms with Gasteiger partial charge in [-0.05, 0) is 25.3 Å². The minimum atomic E-state index is -0.0155. The van der Waals surface area contributed by atoms with Crippen molar-refractivity contribution in [3.63, 3.8) is 0 Å². The summed E-state index contributed by atoms with van der Waals surface area (Å²) in [4.78, 5) is 13.9. The van der Waals surface area contributed by atoms with Crippen LogP contribution in [0.2, 0.25) is 0 Å². The quantitative estimate of drug-likeness (QED) is 0.800. The van der Waals surface area contributed by atoms with Gasteiger partial charge in [0.15, 0.2) is 0 Å². The molecular formula is C15H21NO2. The molecule has 1 aliphatic heterocycles. The molecule has 0 saturated carbocycles. The Morgan fingerprint density at radius 1 is 1.28 bits per heavy atom. The molecule has 1 fully saturated rings. The summed E-state index contributed by atoms with van der Waals surface area (Å²) in [6.45, 7) is 4.39. The summed E-state index contributed by atoms with van der Waals surface area (Å²) in [5.41, 5.74) is 1.15. The number of amides is 1. The molecule has 98 valence electrons. The van der Waals surface area contributed by atoms with Crippen LogP contribution in [0.5, 0.6) is 0 Å². The van der Waals surface area contributed by atoms with Gasteiger partial charge in [0.25, 0.3) is 0 Å². The van der Waals surface area contributed by atoms with E-state index in [0.717, 1.165) is 31.5 Å². The third-order valence-electron chi connectivity index (χ3n) is 3.30. The van der Waals surface area contributed by atoms with Crippen molar-refractivity contribution in [3.8, 4) is 0 Å². The first kappa shape index (κ1) is 13.1. The summed E-state index contributed by atoms with van der Waals surface area (Å²) in [6.07, 6.45) is 2.77. The summed E-state index contributed by atoms with van der Waals surface area (Å²) in [6, 6.07) is 10.1. The van der Waals surface area contributed by atoms with Crippen LogP contribution in [-0.2, 0) is 16.1 Å². The van der Waals surface area contributed by atoms with Crippen LogP contribution >= 0.6 is 0 Å². The van der Waals surface area contributed by atoms with Crippen LogP contribution < -0.4 is 0 Å². The van der Waals surface area contributed by atoms with Gasteiger partial charge in [-0.15, -0.1) is 0 Å². The molecule has 0 N–H and O–H groups in total. The zero-order valence-electron chi connectivity index (χ0n) is 11.0. The van der Waals surface area contributed by atoms with Crippen molar-refractivity contribution >= 4 is 5.91 Å². The van der Waals surface area contributed by atoms with Crippen LogP contribution in [0.25, 0.3) is 0 Å². The maximum absolute atomic E-state index is 11.9. The monoisotopic (exact) mass is 247 g/mol. The summed E-state index contributed by atoms with van der Waals surface area (Å²) in [7, 11) is 0. The first-order valence-corrected chi connectivity index (χ1v) is 6.69. The van der Waals surface area contributed by atoms with Crippen LogP contribution in [0.4, 0.5) is 0 Å². The molecule has 0 aromatic heterocycles. The maximum Gasteiger partial charge on any atom is 0.225 e. The van der Waals surface area contributed by atoms with Crippen LogP contribution in [0, 0.1) is 0 Å². The lowest BCUT2D eigenvalue weighted by molar-refractivity contribution is -0.133. The fourth-order valence-electron chi connectivity index (χ4n) is 2.21. The van der Waals surface area contributed by atoms with Gasteiger partial charge in [-0.2, -0.15) is 0 Å². The van der Waals surface area contributed by atoms with Crippen molar-refractivity contribution in [2.45, 2.75) is 38.9 Å². The number of carbonyl (C=O) groups is 1. The first-order valence-electron chi connectivity index (χ1n) is 6.69. The molecule has 2 rings (SSSR count). The third-order valence-corrected chi connectivity index (χ3v) is 3.30. The largest absolute Gasteiger partial charge is 0.373 e. The molecule has 0 spiro atoms. The van der Waals surface area contributed by atoms with Crippen LogP contribution in [0.3, 0.4) is 0 Å². The number of rotatable bonds is 5. The van der Waals surface area contributed by atoms with Gasteiger partial charge in [-0.3, -0.25) is 4.79 Å². The second-order valence-electron chi connectivity index (χ2n) is 4.90. The molecule has 1 aliphatic rings. The zero-order chi connectivity index (χ0) is 12.8. The van der Waals surface area contributed by atoms with E-state index in [1.54, 1.807) is 0 Å². The molecule has 0 unspecified atom stereocenters. The maximum atomic E-state index is 11.9. The molecule has 1 aromatic rings. The van der Waals surface area contributed by atoms with Gasteiger partial charge in [-0.25, -0.2) is 0 Å². The number of ether oxygens (including phenoxy) is 1. The van der Waals surface area contributed by atoms with Gasteiger partial charge in [0, 0.05) is 13.1 Å². The summed E-state index contributed by atoms with van der Waals surface area (Å²) in [5.74, 6) is 0.230. The molecule has 0 aliphatic carbocycles. The number of carbonyl (C=O) groups excluding carboxylic acids is 1. The van der Waals surface area contributed by atoms with Gasteiger partial charge in [0.1, 0.15) is 0 Å². The van der Waals surface area contributed by atoms with Crippen molar-refractivity contribution in [1.82, 2.24) is 4.90 Å². The standard InChI is InChI=1S/C15H21NO2/c1-13(11-15(17)16-9-5-6-10-16)18-12-14-7-3-2-4-8-14/h2-4,7-8,13H,5-6,9-12H2,1H3/t13-/m1/s1. The minimum Gasteiger partial charge on any atom is -0.373 e. The second kappa shape index (κ2) is 6.55. The molecule has 0 radical (unpaired) electrons. The van der Waals surface area contributed by atoms with E-state index in [0.29, 0.717) is 13.0 Å². The molecule has 1 amide bonds. The minimum absolute atomic E-state index is 0.0155. The molecule has 1 aromatic carbocycles. The number of hydrogen-bond acceptors (Lipinski definition) is 2. The van der Waals surface area contributed by atoms with E-state index < -0.39 is 0 Å². The number of likely N-dealkylation sites (tertiary alicyclic amines) is 1. The van der Waals surface area contributed by atoms with Crippen molar-refractivity contribution in [1.29, 1.82) is 0 Å². The van der Waals surface area contributed by atoms with Gasteiger partial charge in [0.2, 0.25) is 5.91 Å². The highest BCUT2D eigenvalue weighted by Crippen LogP contribution is 2.12. The molecule has 3 heteroatoms. The smallest absolute Gasteiger partial charge is 0.225 e. The van der Waals surface area contributed by atoms with E-state index in [9.17, 15) is 4.79 Å². The van der Waals surface area contributed by atoms with E-state index in [4.69, 9.17) is 4.74 Å². The van der Waals surface area contributed by atoms with Crippen molar-refractivity contribution < 1.29 is 9.53 Å². The lowest BCUT2D eigenvalue weighted by Gasteiger charge is -2.18. The summed E-state index contributed by atoms with van der Waals surface area (Å²) in [5, 5.41) is 0. The van der Waals surface area contributed by atoms with Gasteiger partial charge >= 0.3 is 0 Å². The molecule has 3 nitrogen and oxygen atoms in total. The Labute approximate surface area is 109 Å². The van der Waals surface area contributed by atoms with E-state index in [-0.39, 0.29) is 12.0 Å². The Kier molecular flexibility index (Phi) is 4.76. The predicted molar refractivity (Wildman–Crippen MR) is 71.1 cm³/mol. The summed E-state index contributed by atoms with van der Waals surface area (Å²) >= 11 is 0. The van der Waals surface area contributed by atoms with Crippen molar-refractivity contribution in [2.24, 2.45) is 0 Å². The highest BCUT2D eigenvalue weighted by Gasteiger charge is 2.19. The van der Waals surface area contributed by atoms with Crippen molar-refractivity contribution in [3.05, 3.63) is 35.9 Å². The van der Waals surface area contributed by atoms with Crippen molar-refractivity contribution in [2.75, 3.05) is 13.1 Å². The average Bonchev–Trinajstić information content (AvgIpc) is 2.91. The first-order chi connectivity index (χ1) is 8.75. The van der Waals surface area contributed by atoms with Crippen LogP contribution in [-0.4, -0.2) is 30.0 Å². The Morgan fingerprint density at radius 2 is 1.94 bits per heavy atom. The van der Waals surface area contributed by atoms with E-state index >= 15 is 0 Å². The fourth-order valence-corrected chi connectivity index (χ4v) is 2.21. The van der Waals surface area contributed by atoms with Gasteiger partial charge < -0.3 is 9.64 Å². The molecule has 1 atom stereocenters. The lowest BCUT2D eigenvalue weighted by atomic mass is 10.2. The van der Waals surface area contributed by atoms with E-state index in [1.807, 2.05) is 42.2 Å². The van der Waals surface area contributed by atoms with E-state index in [2.05, 4.69) is 0 Å². The average molecular weight is 247 g/mol. The molecule has 18 heavy (non-hydrogen) atoms. The number of hydrogen-bond donors (Lipinski definition) is 0. The molecule has 1 heterocycles. The normalized spacial score (nSPS) is 16.8. The lowest BCUT2D eigenvalue weighted by Crippen LogP contribution is -2.30. The topological polar surface area (TPSA) is 29.5 Å². The predicted octanol–water partition coefficient (Wildman–Crippen LogP) is 2.60.